The van der Waals surface area contributed by atoms with Crippen molar-refractivity contribution in [3.63, 3.8) is 0 Å². The highest BCUT2D eigenvalue weighted by molar-refractivity contribution is 5.76. The molecule has 0 aliphatic heterocycles. The van der Waals surface area contributed by atoms with Crippen LogP contribution in [0, 0.1) is 5.41 Å². The summed E-state index contributed by atoms with van der Waals surface area (Å²) in [6, 6.07) is 0. The molecule has 1 aliphatic rings. The molecule has 3 heteroatoms. The highest BCUT2D eigenvalue weighted by Gasteiger charge is 2.53. The van der Waals surface area contributed by atoms with Crippen LogP contribution in [0.5, 0.6) is 0 Å². The molecule has 1 rings (SSSR count). The van der Waals surface area contributed by atoms with Gasteiger partial charge in [0.1, 0.15) is 0 Å². The average molecular weight is 170 g/mol. The summed E-state index contributed by atoms with van der Waals surface area (Å²) in [5, 5.41) is 9.54. The fourth-order valence-corrected chi connectivity index (χ4v) is 1.41. The summed E-state index contributed by atoms with van der Waals surface area (Å²) in [5.41, 5.74) is 0.480. The van der Waals surface area contributed by atoms with Gasteiger partial charge in [0.05, 0.1) is 7.11 Å². The predicted molar refractivity (Wildman–Crippen MR) is 44.5 cm³/mol. The van der Waals surface area contributed by atoms with E-state index in [-0.39, 0.29) is 5.41 Å². The molecule has 0 saturated heterocycles. The summed E-state index contributed by atoms with van der Waals surface area (Å²) in [4.78, 5) is 11.0. The maximum Gasteiger partial charge on any atom is 0.335 e. The van der Waals surface area contributed by atoms with Crippen molar-refractivity contribution < 1.29 is 14.6 Å². The smallest absolute Gasteiger partial charge is 0.335 e. The number of carbonyl (C=O) groups is 1. The first kappa shape index (κ1) is 9.26. The molecule has 0 spiro atoms. The van der Waals surface area contributed by atoms with Crippen molar-refractivity contribution in [2.24, 2.45) is 5.41 Å². The Morgan fingerprint density at radius 1 is 1.67 bits per heavy atom. The Morgan fingerprint density at radius 3 is 2.42 bits per heavy atom. The van der Waals surface area contributed by atoms with E-state index in [9.17, 15) is 9.90 Å². The molecule has 1 unspecified atom stereocenters. The van der Waals surface area contributed by atoms with Crippen LogP contribution in [0.4, 0.5) is 0 Å². The van der Waals surface area contributed by atoms with Gasteiger partial charge >= 0.3 is 5.97 Å². The first-order valence-electron chi connectivity index (χ1n) is 3.96. The van der Waals surface area contributed by atoms with Gasteiger partial charge in [-0.05, 0) is 19.8 Å². The maximum absolute atomic E-state index is 11.0. The third-order valence-corrected chi connectivity index (χ3v) is 2.59. The summed E-state index contributed by atoms with van der Waals surface area (Å²) in [6.45, 7) is 5.59. The molecule has 1 atom stereocenters. The molecule has 0 bridgehead atoms. The molecule has 1 fully saturated rings. The van der Waals surface area contributed by atoms with Crippen molar-refractivity contribution in [2.45, 2.75) is 25.9 Å². The summed E-state index contributed by atoms with van der Waals surface area (Å²) < 4.78 is 4.46. The fraction of sp³-hybridized carbons (Fsp3) is 0.667. The maximum atomic E-state index is 11.0. The predicted octanol–water partition coefficient (Wildman–Crippen LogP) is 0.877. The van der Waals surface area contributed by atoms with Crippen molar-refractivity contribution in [3.8, 4) is 0 Å². The second-order valence-electron chi connectivity index (χ2n) is 3.36. The van der Waals surface area contributed by atoms with Gasteiger partial charge in [-0.2, -0.15) is 0 Å². The Bertz CT molecular complexity index is 216. The lowest BCUT2D eigenvalue weighted by Crippen LogP contribution is -2.32. The molecule has 3 nitrogen and oxygen atoms in total. The van der Waals surface area contributed by atoms with Gasteiger partial charge in [-0.1, -0.05) is 12.2 Å². The highest BCUT2D eigenvalue weighted by atomic mass is 16.5. The van der Waals surface area contributed by atoms with E-state index in [0.717, 1.165) is 18.4 Å². The van der Waals surface area contributed by atoms with Crippen LogP contribution >= 0.6 is 0 Å². The average Bonchev–Trinajstić information content (AvgIpc) is 2.81. The number of aliphatic hydroxyl groups excluding tert-OH is 1. The van der Waals surface area contributed by atoms with Crippen molar-refractivity contribution in [1.29, 1.82) is 0 Å². The van der Waals surface area contributed by atoms with Gasteiger partial charge in [0.15, 0.2) is 6.10 Å². The minimum Gasteiger partial charge on any atom is -0.467 e. The molecule has 1 aliphatic carbocycles. The van der Waals surface area contributed by atoms with Gasteiger partial charge < -0.3 is 9.84 Å². The van der Waals surface area contributed by atoms with Crippen LogP contribution in [0.3, 0.4) is 0 Å². The van der Waals surface area contributed by atoms with E-state index >= 15 is 0 Å². The molecule has 12 heavy (non-hydrogen) atoms. The lowest BCUT2D eigenvalue weighted by Gasteiger charge is -2.19. The van der Waals surface area contributed by atoms with Crippen molar-refractivity contribution in [3.05, 3.63) is 12.2 Å². The number of hydrogen-bond donors (Lipinski definition) is 1. The minimum absolute atomic E-state index is 0.382. The summed E-state index contributed by atoms with van der Waals surface area (Å²) in [7, 11) is 1.28. The number of methoxy groups -OCH3 is 1. The third kappa shape index (κ3) is 1.25. The van der Waals surface area contributed by atoms with Crippen molar-refractivity contribution >= 4 is 5.97 Å². The van der Waals surface area contributed by atoms with Crippen molar-refractivity contribution in [1.82, 2.24) is 0 Å². The van der Waals surface area contributed by atoms with Crippen LogP contribution in [0.15, 0.2) is 12.2 Å². The Balaban J connectivity index is 2.69. The van der Waals surface area contributed by atoms with Crippen molar-refractivity contribution in [2.75, 3.05) is 7.11 Å². The molecule has 68 valence electrons. The van der Waals surface area contributed by atoms with Gasteiger partial charge in [-0.15, -0.1) is 0 Å². The zero-order valence-corrected chi connectivity index (χ0v) is 7.46. The first-order valence-corrected chi connectivity index (χ1v) is 3.96. The number of carbonyl (C=O) groups excluding carboxylic acids is 1. The van der Waals surface area contributed by atoms with Crippen LogP contribution in [0.2, 0.25) is 0 Å². The summed E-state index contributed by atoms with van der Waals surface area (Å²) >= 11 is 0. The highest BCUT2D eigenvalue weighted by Crippen LogP contribution is 2.54. The van der Waals surface area contributed by atoms with E-state index in [0.29, 0.717) is 0 Å². The SMILES string of the molecule is C=C(C)C1(C(O)C(=O)OC)CC1. The topological polar surface area (TPSA) is 46.5 Å². The summed E-state index contributed by atoms with van der Waals surface area (Å²) in [5.74, 6) is -0.560. The lowest BCUT2D eigenvalue weighted by molar-refractivity contribution is -0.153. The number of esters is 1. The molecule has 0 aromatic heterocycles. The van der Waals surface area contributed by atoms with E-state index < -0.39 is 12.1 Å². The number of ether oxygens (including phenoxy) is 1. The van der Waals surface area contributed by atoms with Gasteiger partial charge in [0.2, 0.25) is 0 Å². The molecule has 0 radical (unpaired) electrons. The molecule has 0 aromatic rings. The van der Waals surface area contributed by atoms with E-state index in [4.69, 9.17) is 0 Å². The normalized spacial score (nSPS) is 21.2. The van der Waals surface area contributed by atoms with E-state index in [1.54, 1.807) is 0 Å². The fourth-order valence-electron chi connectivity index (χ4n) is 1.41. The monoisotopic (exact) mass is 170 g/mol. The quantitative estimate of drug-likeness (QED) is 0.505. The zero-order chi connectivity index (χ0) is 9.35. The van der Waals surface area contributed by atoms with Crippen LogP contribution in [-0.4, -0.2) is 24.3 Å². The van der Waals surface area contributed by atoms with Gasteiger partial charge in [0, 0.05) is 5.41 Å². The molecule has 1 saturated carbocycles. The molecule has 0 aromatic carbocycles. The van der Waals surface area contributed by atoms with Gasteiger partial charge in [0.25, 0.3) is 0 Å². The Hall–Kier alpha value is -0.830. The Kier molecular flexibility index (Phi) is 2.24. The minimum atomic E-state index is -1.03. The largest absolute Gasteiger partial charge is 0.467 e. The number of rotatable bonds is 3. The molecule has 0 amide bonds. The van der Waals surface area contributed by atoms with Crippen LogP contribution in [-0.2, 0) is 9.53 Å². The zero-order valence-electron chi connectivity index (χ0n) is 7.46. The standard InChI is InChI=1S/C9H14O3/c1-6(2)9(4-5-9)7(10)8(11)12-3/h7,10H,1,4-5H2,2-3H3. The number of aliphatic hydroxyl groups is 1. The van der Waals surface area contributed by atoms with Crippen LogP contribution in [0.1, 0.15) is 19.8 Å². The van der Waals surface area contributed by atoms with E-state index in [1.165, 1.54) is 7.11 Å². The molecular formula is C9H14O3. The number of hydrogen-bond acceptors (Lipinski definition) is 3. The van der Waals surface area contributed by atoms with Crippen LogP contribution in [0.25, 0.3) is 0 Å². The Labute approximate surface area is 72.0 Å². The molecular weight excluding hydrogens is 156 g/mol. The van der Waals surface area contributed by atoms with E-state index in [1.807, 2.05) is 6.92 Å². The lowest BCUT2D eigenvalue weighted by atomic mass is 9.92. The summed E-state index contributed by atoms with van der Waals surface area (Å²) in [6.07, 6.45) is 0.636. The molecule has 1 N–H and O–H groups in total. The van der Waals surface area contributed by atoms with Crippen LogP contribution < -0.4 is 0 Å². The Morgan fingerprint density at radius 2 is 2.17 bits per heavy atom. The third-order valence-electron chi connectivity index (χ3n) is 2.59. The first-order chi connectivity index (χ1) is 5.54. The second-order valence-corrected chi connectivity index (χ2v) is 3.36. The van der Waals surface area contributed by atoms with Gasteiger partial charge in [-0.25, -0.2) is 4.79 Å². The van der Waals surface area contributed by atoms with E-state index in [2.05, 4.69) is 11.3 Å². The molecule has 0 heterocycles. The van der Waals surface area contributed by atoms with Gasteiger partial charge in [-0.3, -0.25) is 0 Å². The second kappa shape index (κ2) is 2.90.